The van der Waals surface area contributed by atoms with Crippen molar-refractivity contribution in [3.8, 4) is 0 Å². The van der Waals surface area contributed by atoms with Crippen LogP contribution in [0.5, 0.6) is 0 Å². The third kappa shape index (κ3) is 3.48. The SMILES string of the molecule is CN(CCC(F)(F)F)c1ccc(N)c(N)n1. The molecule has 1 heterocycles. The van der Waals surface area contributed by atoms with Crippen LogP contribution in [0.15, 0.2) is 12.1 Å². The fraction of sp³-hybridized carbons (Fsp3) is 0.444. The van der Waals surface area contributed by atoms with E-state index in [0.29, 0.717) is 11.5 Å². The highest BCUT2D eigenvalue weighted by Crippen LogP contribution is 2.22. The Hall–Kier alpha value is -1.66. The first-order valence-corrected chi connectivity index (χ1v) is 4.59. The van der Waals surface area contributed by atoms with Crippen LogP contribution in [0.4, 0.5) is 30.5 Å². The zero-order valence-corrected chi connectivity index (χ0v) is 8.75. The molecule has 0 amide bonds. The number of aromatic nitrogens is 1. The summed E-state index contributed by atoms with van der Waals surface area (Å²) >= 11 is 0. The Labute approximate surface area is 91.0 Å². The highest BCUT2D eigenvalue weighted by Gasteiger charge is 2.27. The van der Waals surface area contributed by atoms with Crippen molar-refractivity contribution in [1.82, 2.24) is 4.98 Å². The maximum absolute atomic E-state index is 12.0. The van der Waals surface area contributed by atoms with E-state index in [1.54, 1.807) is 0 Å². The van der Waals surface area contributed by atoms with Gasteiger partial charge in [-0.1, -0.05) is 0 Å². The highest BCUT2D eigenvalue weighted by atomic mass is 19.4. The van der Waals surface area contributed by atoms with Gasteiger partial charge >= 0.3 is 6.18 Å². The summed E-state index contributed by atoms with van der Waals surface area (Å²) in [4.78, 5) is 5.26. The van der Waals surface area contributed by atoms with E-state index in [2.05, 4.69) is 4.98 Å². The van der Waals surface area contributed by atoms with Gasteiger partial charge in [0.2, 0.25) is 0 Å². The van der Waals surface area contributed by atoms with Crippen molar-refractivity contribution in [2.24, 2.45) is 0 Å². The van der Waals surface area contributed by atoms with Crippen molar-refractivity contribution in [2.45, 2.75) is 12.6 Å². The summed E-state index contributed by atoms with van der Waals surface area (Å²) in [5, 5.41) is 0. The van der Waals surface area contributed by atoms with Crippen LogP contribution in [-0.2, 0) is 0 Å². The van der Waals surface area contributed by atoms with Crippen LogP contribution in [0.3, 0.4) is 0 Å². The molecule has 0 aliphatic carbocycles. The molecule has 0 fully saturated rings. The van der Waals surface area contributed by atoms with Crippen LogP contribution < -0.4 is 16.4 Å². The third-order valence-corrected chi connectivity index (χ3v) is 2.06. The van der Waals surface area contributed by atoms with Gasteiger partial charge < -0.3 is 16.4 Å². The highest BCUT2D eigenvalue weighted by molar-refractivity contribution is 5.61. The Morgan fingerprint density at radius 2 is 1.94 bits per heavy atom. The van der Waals surface area contributed by atoms with E-state index in [1.807, 2.05) is 0 Å². The van der Waals surface area contributed by atoms with Gasteiger partial charge in [-0.25, -0.2) is 4.98 Å². The second-order valence-electron chi connectivity index (χ2n) is 3.43. The van der Waals surface area contributed by atoms with E-state index in [4.69, 9.17) is 11.5 Å². The molecule has 0 aliphatic rings. The Morgan fingerprint density at radius 3 is 2.44 bits per heavy atom. The lowest BCUT2D eigenvalue weighted by Gasteiger charge is -2.19. The molecule has 90 valence electrons. The fourth-order valence-electron chi connectivity index (χ4n) is 1.10. The molecule has 7 heteroatoms. The minimum absolute atomic E-state index is 0.122. The molecule has 0 spiro atoms. The molecule has 0 radical (unpaired) electrons. The van der Waals surface area contributed by atoms with E-state index in [-0.39, 0.29) is 12.4 Å². The van der Waals surface area contributed by atoms with Gasteiger partial charge in [0.1, 0.15) is 11.6 Å². The number of rotatable bonds is 3. The number of anilines is 3. The number of alkyl halides is 3. The van der Waals surface area contributed by atoms with Crippen molar-refractivity contribution in [3.63, 3.8) is 0 Å². The summed E-state index contributed by atoms with van der Waals surface area (Å²) in [7, 11) is 1.52. The van der Waals surface area contributed by atoms with E-state index < -0.39 is 12.6 Å². The third-order valence-electron chi connectivity index (χ3n) is 2.06. The minimum Gasteiger partial charge on any atom is -0.396 e. The minimum atomic E-state index is -4.17. The summed E-state index contributed by atoms with van der Waals surface area (Å²) in [5.74, 6) is 0.493. The van der Waals surface area contributed by atoms with E-state index in [0.717, 1.165) is 0 Å². The second kappa shape index (κ2) is 4.46. The zero-order chi connectivity index (χ0) is 12.3. The average Bonchev–Trinajstić information content (AvgIpc) is 2.17. The fourth-order valence-corrected chi connectivity index (χ4v) is 1.10. The van der Waals surface area contributed by atoms with E-state index in [9.17, 15) is 13.2 Å². The lowest BCUT2D eigenvalue weighted by Crippen LogP contribution is -2.25. The first-order chi connectivity index (χ1) is 7.29. The van der Waals surface area contributed by atoms with Gasteiger partial charge in [-0.3, -0.25) is 0 Å². The van der Waals surface area contributed by atoms with Crippen LogP contribution in [0.25, 0.3) is 0 Å². The van der Waals surface area contributed by atoms with Crippen molar-refractivity contribution in [3.05, 3.63) is 12.1 Å². The normalized spacial score (nSPS) is 11.5. The van der Waals surface area contributed by atoms with Crippen molar-refractivity contribution in [1.29, 1.82) is 0 Å². The van der Waals surface area contributed by atoms with Crippen LogP contribution in [0.1, 0.15) is 6.42 Å². The number of pyridine rings is 1. The molecule has 0 unspecified atom stereocenters. The molecular formula is C9H13F3N4. The predicted octanol–water partition coefficient (Wildman–Crippen LogP) is 1.63. The van der Waals surface area contributed by atoms with E-state index in [1.165, 1.54) is 24.1 Å². The standard InChI is InChI=1S/C9H13F3N4/c1-16(5-4-9(10,11)12)7-3-2-6(13)8(14)15-7/h2-3H,4-5,13H2,1H3,(H2,14,15). The largest absolute Gasteiger partial charge is 0.396 e. The number of hydrogen-bond acceptors (Lipinski definition) is 4. The number of nitrogen functional groups attached to an aromatic ring is 2. The second-order valence-corrected chi connectivity index (χ2v) is 3.43. The summed E-state index contributed by atoms with van der Waals surface area (Å²) in [6.45, 7) is -0.167. The molecule has 0 saturated carbocycles. The Balaban J connectivity index is 2.66. The monoisotopic (exact) mass is 234 g/mol. The van der Waals surface area contributed by atoms with Crippen LogP contribution in [-0.4, -0.2) is 24.8 Å². The number of halogens is 3. The van der Waals surface area contributed by atoms with Gasteiger partial charge in [0.25, 0.3) is 0 Å². The molecule has 1 aromatic rings. The number of nitrogens with zero attached hydrogens (tertiary/aromatic N) is 2. The maximum atomic E-state index is 12.0. The number of nitrogens with two attached hydrogens (primary N) is 2. The molecule has 4 N–H and O–H groups in total. The van der Waals surface area contributed by atoms with Crippen LogP contribution in [0, 0.1) is 0 Å². The molecule has 0 aromatic carbocycles. The first kappa shape index (κ1) is 12.4. The van der Waals surface area contributed by atoms with Gasteiger partial charge in [0, 0.05) is 13.6 Å². The van der Waals surface area contributed by atoms with Crippen molar-refractivity contribution in [2.75, 3.05) is 30.0 Å². The maximum Gasteiger partial charge on any atom is 0.390 e. The molecule has 4 nitrogen and oxygen atoms in total. The summed E-state index contributed by atoms with van der Waals surface area (Å²) in [5.41, 5.74) is 11.2. The van der Waals surface area contributed by atoms with Gasteiger partial charge in [-0.15, -0.1) is 0 Å². The first-order valence-electron chi connectivity index (χ1n) is 4.59. The molecule has 0 saturated heterocycles. The van der Waals surface area contributed by atoms with Gasteiger partial charge in [-0.2, -0.15) is 13.2 Å². The average molecular weight is 234 g/mol. The van der Waals surface area contributed by atoms with Crippen LogP contribution in [0.2, 0.25) is 0 Å². The Morgan fingerprint density at radius 1 is 1.31 bits per heavy atom. The zero-order valence-electron chi connectivity index (χ0n) is 8.75. The molecule has 0 aliphatic heterocycles. The lowest BCUT2D eigenvalue weighted by atomic mass is 10.3. The predicted molar refractivity (Wildman–Crippen MR) is 57.0 cm³/mol. The quantitative estimate of drug-likeness (QED) is 0.834. The Kier molecular flexibility index (Phi) is 3.46. The lowest BCUT2D eigenvalue weighted by molar-refractivity contribution is -0.132. The smallest absolute Gasteiger partial charge is 0.390 e. The molecule has 0 bridgehead atoms. The summed E-state index contributed by atoms with van der Waals surface area (Å²) < 4.78 is 36.0. The molecule has 1 aromatic heterocycles. The van der Waals surface area contributed by atoms with Gasteiger partial charge in [-0.05, 0) is 12.1 Å². The van der Waals surface area contributed by atoms with Gasteiger partial charge in [0.05, 0.1) is 12.1 Å². The Bertz CT molecular complexity index is 364. The van der Waals surface area contributed by atoms with Gasteiger partial charge in [0.15, 0.2) is 0 Å². The number of hydrogen-bond donors (Lipinski definition) is 2. The summed E-state index contributed by atoms with van der Waals surface area (Å²) in [6.07, 6.45) is -5.07. The van der Waals surface area contributed by atoms with Crippen molar-refractivity contribution < 1.29 is 13.2 Å². The molecule has 0 atom stereocenters. The topological polar surface area (TPSA) is 68.2 Å². The van der Waals surface area contributed by atoms with Crippen molar-refractivity contribution >= 4 is 17.3 Å². The molecular weight excluding hydrogens is 221 g/mol. The summed E-state index contributed by atoms with van der Waals surface area (Å²) in [6, 6.07) is 3.05. The van der Waals surface area contributed by atoms with E-state index >= 15 is 0 Å². The van der Waals surface area contributed by atoms with Crippen LogP contribution >= 0.6 is 0 Å². The molecule has 1 rings (SSSR count). The molecule has 16 heavy (non-hydrogen) atoms.